The lowest BCUT2D eigenvalue weighted by Crippen LogP contribution is -2.49. The molecule has 0 unspecified atom stereocenters. The first-order valence-corrected chi connectivity index (χ1v) is 10.4. The van der Waals surface area contributed by atoms with Crippen molar-refractivity contribution in [3.8, 4) is 5.75 Å². The van der Waals surface area contributed by atoms with Crippen molar-refractivity contribution in [3.05, 3.63) is 24.3 Å². The number of morpholine rings is 1. The van der Waals surface area contributed by atoms with Crippen LogP contribution in [-0.4, -0.2) is 91.9 Å². The van der Waals surface area contributed by atoms with E-state index in [0.29, 0.717) is 12.3 Å². The van der Waals surface area contributed by atoms with Gasteiger partial charge in [-0.2, -0.15) is 0 Å². The number of para-hydroxylation sites is 2. The number of anilines is 1. The number of phenols is 1. The van der Waals surface area contributed by atoms with E-state index in [1.165, 1.54) is 0 Å². The van der Waals surface area contributed by atoms with Gasteiger partial charge in [0.2, 0.25) is 5.91 Å². The normalized spacial score (nSPS) is 24.3. The zero-order valence-electron chi connectivity index (χ0n) is 17.1. The van der Waals surface area contributed by atoms with E-state index in [9.17, 15) is 9.90 Å². The fourth-order valence-corrected chi connectivity index (χ4v) is 4.13. The molecule has 2 fully saturated rings. The van der Waals surface area contributed by atoms with Gasteiger partial charge >= 0.3 is 0 Å². The first kappa shape index (κ1) is 20.9. The van der Waals surface area contributed by atoms with Crippen molar-refractivity contribution in [2.75, 3.05) is 63.8 Å². The lowest BCUT2D eigenvalue weighted by atomic mass is 10.2. The molecule has 156 valence electrons. The van der Waals surface area contributed by atoms with Crippen molar-refractivity contribution in [2.24, 2.45) is 0 Å². The Hall–Kier alpha value is -1.83. The van der Waals surface area contributed by atoms with Crippen LogP contribution in [0.5, 0.6) is 5.75 Å². The van der Waals surface area contributed by atoms with Crippen LogP contribution in [0.3, 0.4) is 0 Å². The molecule has 2 aliphatic heterocycles. The average Bonchev–Trinajstić information content (AvgIpc) is 2.66. The third-order valence-electron chi connectivity index (χ3n) is 5.43. The van der Waals surface area contributed by atoms with E-state index < -0.39 is 0 Å². The van der Waals surface area contributed by atoms with E-state index >= 15 is 0 Å². The number of benzene rings is 1. The average molecular weight is 391 g/mol. The third-order valence-corrected chi connectivity index (χ3v) is 5.43. The third kappa shape index (κ3) is 6.09. The van der Waals surface area contributed by atoms with E-state index in [0.717, 1.165) is 64.5 Å². The second-order valence-corrected chi connectivity index (χ2v) is 7.97. The van der Waals surface area contributed by atoms with Crippen LogP contribution in [-0.2, 0) is 9.53 Å². The monoisotopic (exact) mass is 390 g/mol. The summed E-state index contributed by atoms with van der Waals surface area (Å²) < 4.78 is 5.75. The fraction of sp³-hybridized carbons (Fsp3) is 0.667. The molecule has 2 heterocycles. The predicted molar refractivity (Wildman–Crippen MR) is 111 cm³/mol. The summed E-state index contributed by atoms with van der Waals surface area (Å²) >= 11 is 0. The van der Waals surface area contributed by atoms with Gasteiger partial charge in [0.15, 0.2) is 0 Å². The molecule has 2 atom stereocenters. The highest BCUT2D eigenvalue weighted by molar-refractivity contribution is 5.78. The number of nitrogens with one attached hydrogen (secondary N) is 1. The van der Waals surface area contributed by atoms with E-state index in [2.05, 4.69) is 33.9 Å². The molecule has 0 aliphatic carbocycles. The summed E-state index contributed by atoms with van der Waals surface area (Å²) in [5.74, 6) is 0.414. The quantitative estimate of drug-likeness (QED) is 0.681. The van der Waals surface area contributed by atoms with Crippen molar-refractivity contribution in [1.82, 2.24) is 15.1 Å². The maximum absolute atomic E-state index is 12.2. The molecule has 0 bridgehead atoms. The van der Waals surface area contributed by atoms with Crippen LogP contribution >= 0.6 is 0 Å². The largest absolute Gasteiger partial charge is 0.506 e. The topological polar surface area (TPSA) is 68.3 Å². The molecule has 1 aromatic carbocycles. The Balaban J connectivity index is 1.30. The molecule has 0 aromatic heterocycles. The molecule has 7 heteroatoms. The Labute approximate surface area is 168 Å². The van der Waals surface area contributed by atoms with Crippen molar-refractivity contribution >= 4 is 11.6 Å². The molecule has 1 aromatic rings. The zero-order chi connectivity index (χ0) is 19.9. The second kappa shape index (κ2) is 10.1. The number of piperazine rings is 1. The standard InChI is InChI=1S/C21H34N4O3/c1-17-14-24(15-18(2)28-17)9-5-8-22-21(27)16-23-10-12-25(13-11-23)19-6-3-4-7-20(19)26/h3-4,6-7,17-18,26H,5,8-16H2,1-2H3,(H,22,27)/t17-,18-/m1/s1. The summed E-state index contributed by atoms with van der Waals surface area (Å²) in [5, 5.41) is 13.0. The molecular weight excluding hydrogens is 356 g/mol. The summed E-state index contributed by atoms with van der Waals surface area (Å²) in [6, 6.07) is 7.42. The van der Waals surface area contributed by atoms with Crippen LogP contribution in [0.1, 0.15) is 20.3 Å². The minimum absolute atomic E-state index is 0.0970. The summed E-state index contributed by atoms with van der Waals surface area (Å²) in [7, 11) is 0. The Morgan fingerprint density at radius 1 is 1.11 bits per heavy atom. The number of amides is 1. The van der Waals surface area contributed by atoms with E-state index in [4.69, 9.17) is 4.74 Å². The molecule has 28 heavy (non-hydrogen) atoms. The maximum atomic E-state index is 12.2. The Morgan fingerprint density at radius 2 is 1.79 bits per heavy atom. The number of aromatic hydroxyl groups is 1. The van der Waals surface area contributed by atoms with Crippen LogP contribution in [0.4, 0.5) is 5.69 Å². The van der Waals surface area contributed by atoms with Crippen LogP contribution in [0.15, 0.2) is 24.3 Å². The minimum atomic E-state index is 0.0970. The number of rotatable bonds is 7. The fourth-order valence-electron chi connectivity index (χ4n) is 4.13. The smallest absolute Gasteiger partial charge is 0.234 e. The minimum Gasteiger partial charge on any atom is -0.506 e. The molecule has 3 rings (SSSR count). The number of carbonyl (C=O) groups excluding carboxylic acids is 1. The SMILES string of the molecule is C[C@@H]1CN(CCCNC(=O)CN2CCN(c3ccccc3O)CC2)C[C@@H](C)O1. The van der Waals surface area contributed by atoms with Gasteiger partial charge < -0.3 is 20.1 Å². The van der Waals surface area contributed by atoms with Gasteiger partial charge in [-0.3, -0.25) is 14.6 Å². The van der Waals surface area contributed by atoms with Crippen molar-refractivity contribution in [3.63, 3.8) is 0 Å². The Morgan fingerprint density at radius 3 is 2.46 bits per heavy atom. The summed E-state index contributed by atoms with van der Waals surface area (Å²) in [6.07, 6.45) is 1.54. The molecule has 0 spiro atoms. The molecule has 0 radical (unpaired) electrons. The van der Waals surface area contributed by atoms with Gasteiger partial charge in [0.1, 0.15) is 5.75 Å². The van der Waals surface area contributed by atoms with Gasteiger partial charge in [-0.05, 0) is 32.4 Å². The summed E-state index contributed by atoms with van der Waals surface area (Å²) in [4.78, 5) is 19.0. The maximum Gasteiger partial charge on any atom is 0.234 e. The van der Waals surface area contributed by atoms with Gasteiger partial charge in [0, 0.05) is 52.4 Å². The van der Waals surface area contributed by atoms with Crippen LogP contribution in [0.25, 0.3) is 0 Å². The number of nitrogens with zero attached hydrogens (tertiary/aromatic N) is 3. The highest BCUT2D eigenvalue weighted by Crippen LogP contribution is 2.27. The number of carbonyl (C=O) groups is 1. The zero-order valence-corrected chi connectivity index (χ0v) is 17.1. The number of ether oxygens (including phenoxy) is 1. The molecular formula is C21H34N4O3. The lowest BCUT2D eigenvalue weighted by Gasteiger charge is -2.36. The van der Waals surface area contributed by atoms with Crippen LogP contribution in [0, 0.1) is 0 Å². The highest BCUT2D eigenvalue weighted by atomic mass is 16.5. The first-order valence-electron chi connectivity index (χ1n) is 10.4. The Kier molecular flexibility index (Phi) is 7.53. The second-order valence-electron chi connectivity index (χ2n) is 7.97. The first-order chi connectivity index (χ1) is 13.5. The molecule has 0 saturated carbocycles. The molecule has 1 amide bonds. The number of phenolic OH excluding ortho intramolecular Hbond substituents is 1. The van der Waals surface area contributed by atoms with E-state index in [1.54, 1.807) is 6.07 Å². The molecule has 2 aliphatic rings. The number of hydrogen-bond acceptors (Lipinski definition) is 6. The van der Waals surface area contributed by atoms with Gasteiger partial charge in [-0.15, -0.1) is 0 Å². The number of hydrogen-bond donors (Lipinski definition) is 2. The van der Waals surface area contributed by atoms with Crippen molar-refractivity contribution in [1.29, 1.82) is 0 Å². The molecule has 7 nitrogen and oxygen atoms in total. The molecule has 2 saturated heterocycles. The van der Waals surface area contributed by atoms with Crippen molar-refractivity contribution < 1.29 is 14.6 Å². The highest BCUT2D eigenvalue weighted by Gasteiger charge is 2.22. The van der Waals surface area contributed by atoms with Crippen LogP contribution < -0.4 is 10.2 Å². The van der Waals surface area contributed by atoms with Crippen molar-refractivity contribution in [2.45, 2.75) is 32.5 Å². The van der Waals surface area contributed by atoms with Crippen LogP contribution in [0.2, 0.25) is 0 Å². The lowest BCUT2D eigenvalue weighted by molar-refractivity contribution is -0.122. The van der Waals surface area contributed by atoms with Gasteiger partial charge in [-0.25, -0.2) is 0 Å². The van der Waals surface area contributed by atoms with E-state index in [1.807, 2.05) is 18.2 Å². The summed E-state index contributed by atoms with van der Waals surface area (Å²) in [6.45, 7) is 11.6. The van der Waals surface area contributed by atoms with E-state index in [-0.39, 0.29) is 18.1 Å². The van der Waals surface area contributed by atoms with Gasteiger partial charge in [0.25, 0.3) is 0 Å². The molecule has 2 N–H and O–H groups in total. The predicted octanol–water partition coefficient (Wildman–Crippen LogP) is 1.13. The van der Waals surface area contributed by atoms with Gasteiger partial charge in [0.05, 0.1) is 24.4 Å². The van der Waals surface area contributed by atoms with Gasteiger partial charge in [-0.1, -0.05) is 12.1 Å². The Bertz CT molecular complexity index is 624. The summed E-state index contributed by atoms with van der Waals surface area (Å²) in [5.41, 5.74) is 0.873.